The largest absolute Gasteiger partial charge is 0.494 e. The van der Waals surface area contributed by atoms with Crippen LogP contribution in [0.3, 0.4) is 0 Å². The number of aryl methyl sites for hydroxylation is 2. The molecule has 0 bridgehead atoms. The molecule has 0 spiro atoms. The molecule has 2 N–H and O–H groups in total. The van der Waals surface area contributed by atoms with Crippen LogP contribution in [0.5, 0.6) is 11.5 Å². The molecule has 37 heavy (non-hydrogen) atoms. The van der Waals surface area contributed by atoms with Gasteiger partial charge in [0, 0.05) is 16.3 Å². The molecule has 0 aliphatic heterocycles. The van der Waals surface area contributed by atoms with Gasteiger partial charge in [-0.15, -0.1) is 0 Å². The Morgan fingerprint density at radius 3 is 2.46 bits per heavy atom. The topological polar surface area (TPSA) is 71.6 Å². The van der Waals surface area contributed by atoms with Gasteiger partial charge in [-0.25, -0.2) is 4.79 Å². The molecule has 188 valence electrons. The average Bonchev–Trinajstić information content (AvgIpc) is 3.29. The first kappa shape index (κ1) is 24.4. The summed E-state index contributed by atoms with van der Waals surface area (Å²) in [5.41, 5.74) is 5.02. The Hall–Kier alpha value is -4.25. The van der Waals surface area contributed by atoms with Crippen LogP contribution in [0, 0.1) is 6.92 Å². The highest BCUT2D eigenvalue weighted by atomic mass is 16.5. The first-order valence-electron chi connectivity index (χ1n) is 12.8. The van der Waals surface area contributed by atoms with E-state index in [1.54, 1.807) is 0 Å². The number of fused-ring (bicyclic) bond motifs is 2. The van der Waals surface area contributed by atoms with Crippen molar-refractivity contribution < 1.29 is 19.4 Å². The van der Waals surface area contributed by atoms with Crippen molar-refractivity contribution in [2.75, 3.05) is 13.2 Å². The minimum atomic E-state index is -0.952. The highest BCUT2D eigenvalue weighted by Gasteiger charge is 2.19. The lowest BCUT2D eigenvalue weighted by atomic mass is 9.97. The van der Waals surface area contributed by atoms with Crippen molar-refractivity contribution in [2.24, 2.45) is 0 Å². The van der Waals surface area contributed by atoms with Crippen molar-refractivity contribution in [1.82, 2.24) is 4.98 Å². The Morgan fingerprint density at radius 2 is 1.65 bits per heavy atom. The second-order valence-electron chi connectivity index (χ2n) is 9.27. The molecular weight excluding hydrogens is 462 g/mol. The van der Waals surface area contributed by atoms with E-state index in [9.17, 15) is 9.90 Å². The monoisotopic (exact) mass is 493 g/mol. The minimum absolute atomic E-state index is 0.244. The molecule has 4 aromatic carbocycles. The Labute approximate surface area is 216 Å². The molecule has 5 aromatic rings. The first-order chi connectivity index (χ1) is 18.1. The smallest absolute Gasteiger partial charge is 0.352 e. The Kier molecular flexibility index (Phi) is 7.13. The number of hydrogen-bond donors (Lipinski definition) is 2. The quantitative estimate of drug-likeness (QED) is 0.195. The molecule has 5 nitrogen and oxygen atoms in total. The zero-order chi connectivity index (χ0) is 25.8. The van der Waals surface area contributed by atoms with E-state index in [2.05, 4.69) is 37.0 Å². The van der Waals surface area contributed by atoms with Gasteiger partial charge in [0.25, 0.3) is 0 Å². The van der Waals surface area contributed by atoms with Crippen LogP contribution >= 0.6 is 0 Å². The molecule has 5 heteroatoms. The highest BCUT2D eigenvalue weighted by molar-refractivity contribution is 6.03. The molecule has 0 aliphatic rings. The number of nitrogens with one attached hydrogen (secondary N) is 1. The van der Waals surface area contributed by atoms with Crippen LogP contribution in [0.15, 0.2) is 78.9 Å². The van der Waals surface area contributed by atoms with Gasteiger partial charge in [-0.05, 0) is 66.5 Å². The average molecular weight is 494 g/mol. The third-order valence-electron chi connectivity index (χ3n) is 6.69. The lowest BCUT2D eigenvalue weighted by molar-refractivity contribution is 0.0690. The van der Waals surface area contributed by atoms with Gasteiger partial charge in [-0.2, -0.15) is 0 Å². The van der Waals surface area contributed by atoms with Crippen LogP contribution in [-0.2, 0) is 6.42 Å². The number of ether oxygens (including phenoxy) is 2. The van der Waals surface area contributed by atoms with Crippen molar-refractivity contribution >= 4 is 27.6 Å². The van der Waals surface area contributed by atoms with Crippen molar-refractivity contribution in [3.05, 3.63) is 95.7 Å². The summed E-state index contributed by atoms with van der Waals surface area (Å²) < 4.78 is 11.9. The molecule has 0 radical (unpaired) electrons. The summed E-state index contributed by atoms with van der Waals surface area (Å²) in [6.45, 7) is 5.32. The minimum Gasteiger partial charge on any atom is -0.494 e. The number of aromatic nitrogens is 1. The fourth-order valence-corrected chi connectivity index (χ4v) is 4.94. The molecule has 1 heterocycles. The van der Waals surface area contributed by atoms with Gasteiger partial charge in [-0.1, -0.05) is 67.6 Å². The van der Waals surface area contributed by atoms with Gasteiger partial charge in [0.15, 0.2) is 0 Å². The summed E-state index contributed by atoms with van der Waals surface area (Å²) in [6, 6.07) is 26.3. The normalized spacial score (nSPS) is 11.2. The van der Waals surface area contributed by atoms with E-state index < -0.39 is 5.97 Å². The third kappa shape index (κ3) is 5.03. The summed E-state index contributed by atoms with van der Waals surface area (Å²) in [4.78, 5) is 15.4. The molecule has 1 aromatic heterocycles. The second kappa shape index (κ2) is 10.8. The lowest BCUT2D eigenvalue weighted by Crippen LogP contribution is -2.04. The van der Waals surface area contributed by atoms with Gasteiger partial charge < -0.3 is 19.6 Å². The van der Waals surface area contributed by atoms with E-state index in [0.29, 0.717) is 26.1 Å². The SMILES string of the molecule is CCCOc1ccc(-c2cccc3c(CCCOc4cccc5ccccc45)c(C(=O)O)[nH]c23)c(C)c1. The molecule has 0 saturated heterocycles. The number of hydrogen-bond acceptors (Lipinski definition) is 3. The van der Waals surface area contributed by atoms with Crippen molar-refractivity contribution in [2.45, 2.75) is 33.1 Å². The fraction of sp³-hybridized carbons (Fsp3) is 0.219. The summed E-state index contributed by atoms with van der Waals surface area (Å²) >= 11 is 0. The van der Waals surface area contributed by atoms with E-state index in [0.717, 1.165) is 61.8 Å². The summed E-state index contributed by atoms with van der Waals surface area (Å²) in [5.74, 6) is 0.742. The maximum atomic E-state index is 12.2. The molecule has 0 saturated carbocycles. The number of H-pyrrole nitrogens is 1. The van der Waals surface area contributed by atoms with Crippen LogP contribution in [0.1, 0.15) is 41.4 Å². The number of para-hydroxylation sites is 1. The van der Waals surface area contributed by atoms with Crippen LogP contribution in [0.2, 0.25) is 0 Å². The van der Waals surface area contributed by atoms with Gasteiger partial charge >= 0.3 is 5.97 Å². The van der Waals surface area contributed by atoms with Crippen molar-refractivity contribution in [3.8, 4) is 22.6 Å². The molecule has 0 amide bonds. The zero-order valence-electron chi connectivity index (χ0n) is 21.2. The number of carbonyl (C=O) groups is 1. The summed E-state index contributed by atoms with van der Waals surface area (Å²) in [6.07, 6.45) is 2.25. The molecule has 5 rings (SSSR count). The van der Waals surface area contributed by atoms with Crippen molar-refractivity contribution in [1.29, 1.82) is 0 Å². The van der Waals surface area contributed by atoms with Crippen LogP contribution < -0.4 is 9.47 Å². The van der Waals surface area contributed by atoms with E-state index in [1.165, 1.54) is 0 Å². The van der Waals surface area contributed by atoms with E-state index in [1.807, 2.05) is 60.7 Å². The summed E-state index contributed by atoms with van der Waals surface area (Å²) in [7, 11) is 0. The van der Waals surface area contributed by atoms with Crippen LogP contribution in [0.25, 0.3) is 32.8 Å². The molecule has 0 unspecified atom stereocenters. The Morgan fingerprint density at radius 1 is 0.865 bits per heavy atom. The van der Waals surface area contributed by atoms with Gasteiger partial charge in [0.05, 0.1) is 18.7 Å². The standard InChI is InChI=1S/C32H31NO4/c1-3-18-36-23-16-17-24(21(2)20-23)26-12-7-13-27-28(31(32(34)35)33-30(26)27)14-8-19-37-29-15-6-10-22-9-4-5-11-25(22)29/h4-7,9-13,15-17,20,33H,3,8,14,18-19H2,1-2H3,(H,34,35). The van der Waals surface area contributed by atoms with Gasteiger partial charge in [-0.3, -0.25) is 0 Å². The van der Waals surface area contributed by atoms with E-state index >= 15 is 0 Å². The lowest BCUT2D eigenvalue weighted by Gasteiger charge is -2.11. The molecular formula is C32H31NO4. The Bertz CT molecular complexity index is 1560. The molecule has 0 fully saturated rings. The van der Waals surface area contributed by atoms with Crippen LogP contribution in [0.4, 0.5) is 0 Å². The zero-order valence-corrected chi connectivity index (χ0v) is 21.2. The molecule has 0 aliphatic carbocycles. The van der Waals surface area contributed by atoms with Gasteiger partial charge in [0.1, 0.15) is 17.2 Å². The predicted molar refractivity (Wildman–Crippen MR) is 149 cm³/mol. The maximum Gasteiger partial charge on any atom is 0.352 e. The van der Waals surface area contributed by atoms with E-state index in [4.69, 9.17) is 9.47 Å². The predicted octanol–water partition coefficient (Wildman–Crippen LogP) is 7.80. The third-order valence-corrected chi connectivity index (χ3v) is 6.69. The van der Waals surface area contributed by atoms with Crippen LogP contribution in [-0.4, -0.2) is 29.3 Å². The maximum absolute atomic E-state index is 12.2. The second-order valence-corrected chi connectivity index (χ2v) is 9.27. The number of carboxylic acid groups (broad SMARTS) is 1. The number of benzene rings is 4. The number of carboxylic acids is 1. The molecule has 0 atom stereocenters. The number of aromatic amines is 1. The van der Waals surface area contributed by atoms with Gasteiger partial charge in [0.2, 0.25) is 0 Å². The summed E-state index contributed by atoms with van der Waals surface area (Å²) in [5, 5.41) is 13.1. The Balaban J connectivity index is 1.40. The number of aromatic carboxylic acids is 1. The van der Waals surface area contributed by atoms with Crippen molar-refractivity contribution in [3.63, 3.8) is 0 Å². The number of rotatable bonds is 10. The first-order valence-corrected chi connectivity index (χ1v) is 12.8. The fourth-order valence-electron chi connectivity index (χ4n) is 4.94. The van der Waals surface area contributed by atoms with E-state index in [-0.39, 0.29) is 5.69 Å². The highest BCUT2D eigenvalue weighted by Crippen LogP contribution is 2.35.